The molecule has 1 N–H and O–H groups in total. The average Bonchev–Trinajstić information content (AvgIpc) is 2.51. The van der Waals surface area contributed by atoms with Crippen LogP contribution in [0.3, 0.4) is 0 Å². The predicted molar refractivity (Wildman–Crippen MR) is 81.9 cm³/mol. The molecule has 0 amide bonds. The average molecular weight is 288 g/mol. The van der Waals surface area contributed by atoms with Crippen molar-refractivity contribution >= 4 is 0 Å². The zero-order valence-corrected chi connectivity index (χ0v) is 12.5. The maximum Gasteiger partial charge on any atom is 0.141 e. The summed E-state index contributed by atoms with van der Waals surface area (Å²) in [6.07, 6.45) is 2.26. The highest BCUT2D eigenvalue weighted by molar-refractivity contribution is 5.40. The van der Waals surface area contributed by atoms with Crippen molar-refractivity contribution in [2.24, 2.45) is 0 Å². The number of nitrogens with one attached hydrogen (secondary N) is 1. The summed E-state index contributed by atoms with van der Waals surface area (Å²) in [5.74, 6) is 0.505. The van der Waals surface area contributed by atoms with Crippen molar-refractivity contribution in [1.29, 1.82) is 0 Å². The first kappa shape index (κ1) is 15.4. The van der Waals surface area contributed by atoms with Gasteiger partial charge in [0.05, 0.1) is 24.5 Å². The van der Waals surface area contributed by atoms with Crippen LogP contribution in [0.2, 0.25) is 0 Å². The fourth-order valence-corrected chi connectivity index (χ4v) is 2.23. The predicted octanol–water partition coefficient (Wildman–Crippen LogP) is 3.71. The standard InChI is InChI=1S/C17H21FN2O/c1-3-11-19-17(15-10-9-13(18)12-20-15)14-7-5-6-8-16(14)21-4-2/h5-10,12,17,19H,3-4,11H2,1-2H3. The van der Waals surface area contributed by atoms with Crippen molar-refractivity contribution in [3.05, 3.63) is 59.7 Å². The molecule has 1 unspecified atom stereocenters. The van der Waals surface area contributed by atoms with Crippen molar-refractivity contribution < 1.29 is 9.13 Å². The molecule has 1 aromatic carbocycles. The number of rotatable bonds is 7. The van der Waals surface area contributed by atoms with Crippen LogP contribution in [0, 0.1) is 5.82 Å². The van der Waals surface area contributed by atoms with Gasteiger partial charge in [-0.05, 0) is 38.1 Å². The quantitative estimate of drug-likeness (QED) is 0.843. The van der Waals surface area contributed by atoms with Gasteiger partial charge in [0.2, 0.25) is 0 Å². The first-order valence-electron chi connectivity index (χ1n) is 7.32. The number of pyridine rings is 1. The monoisotopic (exact) mass is 288 g/mol. The molecule has 0 saturated heterocycles. The van der Waals surface area contributed by atoms with E-state index in [1.54, 1.807) is 6.07 Å². The molecular formula is C17H21FN2O. The molecule has 1 heterocycles. The number of ether oxygens (including phenoxy) is 1. The Kier molecular flexibility index (Phi) is 5.69. The number of aromatic nitrogens is 1. The van der Waals surface area contributed by atoms with Gasteiger partial charge in [0.25, 0.3) is 0 Å². The van der Waals surface area contributed by atoms with Crippen LogP contribution in [0.5, 0.6) is 5.75 Å². The van der Waals surface area contributed by atoms with Gasteiger partial charge in [0, 0.05) is 5.56 Å². The molecule has 1 aromatic heterocycles. The zero-order chi connectivity index (χ0) is 15.1. The Morgan fingerprint density at radius 1 is 1.19 bits per heavy atom. The Morgan fingerprint density at radius 2 is 2.00 bits per heavy atom. The molecule has 0 saturated carbocycles. The topological polar surface area (TPSA) is 34.2 Å². The Hall–Kier alpha value is -1.94. The van der Waals surface area contributed by atoms with Gasteiger partial charge in [-0.3, -0.25) is 4.98 Å². The number of hydrogen-bond donors (Lipinski definition) is 1. The highest BCUT2D eigenvalue weighted by Gasteiger charge is 2.18. The van der Waals surface area contributed by atoms with Crippen LogP contribution in [0.1, 0.15) is 37.6 Å². The normalized spacial score (nSPS) is 12.1. The van der Waals surface area contributed by atoms with E-state index in [9.17, 15) is 4.39 Å². The first-order valence-corrected chi connectivity index (χ1v) is 7.32. The van der Waals surface area contributed by atoms with Gasteiger partial charge in [0.15, 0.2) is 0 Å². The largest absolute Gasteiger partial charge is 0.494 e. The van der Waals surface area contributed by atoms with Crippen LogP contribution in [-0.2, 0) is 0 Å². The Bertz CT molecular complexity index is 557. The maximum atomic E-state index is 13.1. The van der Waals surface area contributed by atoms with E-state index in [0.29, 0.717) is 6.61 Å². The van der Waals surface area contributed by atoms with Gasteiger partial charge < -0.3 is 10.1 Å². The second kappa shape index (κ2) is 7.74. The first-order chi connectivity index (χ1) is 10.3. The number of nitrogens with zero attached hydrogens (tertiary/aromatic N) is 1. The summed E-state index contributed by atoms with van der Waals surface area (Å²) in [5.41, 5.74) is 1.81. The fourth-order valence-electron chi connectivity index (χ4n) is 2.23. The minimum atomic E-state index is -0.328. The van der Waals surface area contributed by atoms with E-state index in [0.717, 1.165) is 30.0 Å². The minimum Gasteiger partial charge on any atom is -0.494 e. The van der Waals surface area contributed by atoms with Gasteiger partial charge in [-0.1, -0.05) is 25.1 Å². The number of benzene rings is 1. The third kappa shape index (κ3) is 4.02. The van der Waals surface area contributed by atoms with Crippen LogP contribution in [0.15, 0.2) is 42.6 Å². The van der Waals surface area contributed by atoms with Crippen LogP contribution >= 0.6 is 0 Å². The van der Waals surface area contributed by atoms with Gasteiger partial charge in [-0.2, -0.15) is 0 Å². The SMILES string of the molecule is CCCNC(c1ccc(F)cn1)c1ccccc1OCC. The maximum absolute atomic E-state index is 13.1. The molecule has 0 bridgehead atoms. The van der Waals surface area contributed by atoms with E-state index >= 15 is 0 Å². The molecule has 0 radical (unpaired) electrons. The molecule has 0 aliphatic heterocycles. The second-order valence-corrected chi connectivity index (χ2v) is 4.76. The third-order valence-electron chi connectivity index (χ3n) is 3.17. The minimum absolute atomic E-state index is 0.103. The van der Waals surface area contributed by atoms with Crippen molar-refractivity contribution in [1.82, 2.24) is 10.3 Å². The summed E-state index contributed by atoms with van der Waals surface area (Å²) in [7, 11) is 0. The summed E-state index contributed by atoms with van der Waals surface area (Å²) >= 11 is 0. The number of hydrogen-bond acceptors (Lipinski definition) is 3. The van der Waals surface area contributed by atoms with Crippen molar-refractivity contribution in [3.63, 3.8) is 0 Å². The van der Waals surface area contributed by atoms with Crippen LogP contribution < -0.4 is 10.1 Å². The number of para-hydroxylation sites is 1. The molecule has 0 aliphatic carbocycles. The van der Waals surface area contributed by atoms with Crippen LogP contribution in [0.25, 0.3) is 0 Å². The summed E-state index contributed by atoms with van der Waals surface area (Å²) in [4.78, 5) is 4.22. The van der Waals surface area contributed by atoms with E-state index in [1.165, 1.54) is 12.3 Å². The molecular weight excluding hydrogens is 267 g/mol. The van der Waals surface area contributed by atoms with E-state index in [4.69, 9.17) is 4.74 Å². The number of halogens is 1. The Labute approximate surface area is 125 Å². The molecule has 0 fully saturated rings. The molecule has 4 heteroatoms. The van der Waals surface area contributed by atoms with E-state index in [2.05, 4.69) is 17.2 Å². The second-order valence-electron chi connectivity index (χ2n) is 4.76. The van der Waals surface area contributed by atoms with Gasteiger partial charge >= 0.3 is 0 Å². The van der Waals surface area contributed by atoms with E-state index in [-0.39, 0.29) is 11.9 Å². The molecule has 2 rings (SSSR count). The van der Waals surface area contributed by atoms with E-state index in [1.807, 2.05) is 31.2 Å². The summed E-state index contributed by atoms with van der Waals surface area (Å²) in [6, 6.07) is 10.9. The Morgan fingerprint density at radius 3 is 2.67 bits per heavy atom. The summed E-state index contributed by atoms with van der Waals surface area (Å²) < 4.78 is 18.8. The lowest BCUT2D eigenvalue weighted by atomic mass is 10.0. The molecule has 112 valence electrons. The highest BCUT2D eigenvalue weighted by Crippen LogP contribution is 2.29. The molecule has 2 aromatic rings. The van der Waals surface area contributed by atoms with Crippen LogP contribution in [-0.4, -0.2) is 18.1 Å². The molecule has 0 spiro atoms. The van der Waals surface area contributed by atoms with Gasteiger partial charge in [-0.15, -0.1) is 0 Å². The Balaban J connectivity index is 2.37. The molecule has 3 nitrogen and oxygen atoms in total. The third-order valence-corrected chi connectivity index (χ3v) is 3.17. The van der Waals surface area contributed by atoms with E-state index < -0.39 is 0 Å². The smallest absolute Gasteiger partial charge is 0.141 e. The summed E-state index contributed by atoms with van der Waals surface area (Å²) in [5, 5.41) is 3.46. The lowest BCUT2D eigenvalue weighted by Crippen LogP contribution is -2.24. The van der Waals surface area contributed by atoms with Gasteiger partial charge in [0.1, 0.15) is 11.6 Å². The lowest BCUT2D eigenvalue weighted by Gasteiger charge is -2.21. The zero-order valence-electron chi connectivity index (χ0n) is 12.5. The summed E-state index contributed by atoms with van der Waals surface area (Å²) in [6.45, 7) is 5.52. The fraction of sp³-hybridized carbons (Fsp3) is 0.353. The molecule has 0 aliphatic rings. The van der Waals surface area contributed by atoms with Crippen molar-refractivity contribution in [2.75, 3.05) is 13.2 Å². The molecule has 1 atom stereocenters. The van der Waals surface area contributed by atoms with Crippen LogP contribution in [0.4, 0.5) is 4.39 Å². The van der Waals surface area contributed by atoms with Crippen molar-refractivity contribution in [2.45, 2.75) is 26.3 Å². The van der Waals surface area contributed by atoms with Gasteiger partial charge in [-0.25, -0.2) is 4.39 Å². The van der Waals surface area contributed by atoms with Crippen molar-refractivity contribution in [3.8, 4) is 5.75 Å². The lowest BCUT2D eigenvalue weighted by molar-refractivity contribution is 0.333. The highest BCUT2D eigenvalue weighted by atomic mass is 19.1. The molecule has 21 heavy (non-hydrogen) atoms.